The van der Waals surface area contributed by atoms with Crippen molar-refractivity contribution in [2.24, 2.45) is 0 Å². The van der Waals surface area contributed by atoms with Gasteiger partial charge in [0.2, 0.25) is 0 Å². The minimum atomic E-state index is -0.960. The smallest absolute Gasteiger partial charge is 0.346 e. The van der Waals surface area contributed by atoms with Crippen LogP contribution in [0, 0.1) is 5.82 Å². The number of hydrogen-bond acceptors (Lipinski definition) is 2. The molecule has 1 atom stereocenters. The van der Waals surface area contributed by atoms with Gasteiger partial charge in [0.1, 0.15) is 10.7 Å². The van der Waals surface area contributed by atoms with Gasteiger partial charge in [0.15, 0.2) is 0 Å². The molecule has 1 aliphatic carbocycles. The first kappa shape index (κ1) is 15.3. The van der Waals surface area contributed by atoms with E-state index >= 15 is 0 Å². The zero-order valence-electron chi connectivity index (χ0n) is 13.3. The Kier molecular flexibility index (Phi) is 3.65. The molecular formula is C20H17FO2S. The lowest BCUT2D eigenvalue weighted by Gasteiger charge is -2.23. The van der Waals surface area contributed by atoms with Crippen molar-refractivity contribution >= 4 is 27.4 Å². The van der Waals surface area contributed by atoms with E-state index in [1.807, 2.05) is 6.07 Å². The van der Waals surface area contributed by atoms with E-state index in [9.17, 15) is 14.3 Å². The summed E-state index contributed by atoms with van der Waals surface area (Å²) in [4.78, 5) is 12.0. The van der Waals surface area contributed by atoms with Crippen LogP contribution in [-0.2, 0) is 6.42 Å². The highest BCUT2D eigenvalue weighted by Crippen LogP contribution is 2.41. The Hall–Kier alpha value is -2.20. The highest BCUT2D eigenvalue weighted by molar-refractivity contribution is 7.21. The Morgan fingerprint density at radius 2 is 2.08 bits per heavy atom. The van der Waals surface area contributed by atoms with Crippen LogP contribution in [0.1, 0.15) is 46.5 Å². The summed E-state index contributed by atoms with van der Waals surface area (Å²) in [5, 5.41) is 10.4. The Bertz CT molecular complexity index is 958. The number of fused-ring (bicyclic) bond motifs is 2. The first-order chi connectivity index (χ1) is 11.5. The van der Waals surface area contributed by atoms with E-state index in [0.29, 0.717) is 16.2 Å². The lowest BCUT2D eigenvalue weighted by molar-refractivity contribution is 0.0703. The summed E-state index contributed by atoms with van der Waals surface area (Å²) in [6.45, 7) is 2.24. The molecule has 24 heavy (non-hydrogen) atoms. The van der Waals surface area contributed by atoms with Gasteiger partial charge in [-0.25, -0.2) is 9.18 Å². The predicted octanol–water partition coefficient (Wildman–Crippen LogP) is 5.85. The molecule has 1 aromatic heterocycles. The molecule has 2 nitrogen and oxygen atoms in total. The number of aryl methyl sites for hydroxylation is 1. The molecule has 2 aromatic carbocycles. The van der Waals surface area contributed by atoms with Crippen LogP contribution in [-0.4, -0.2) is 11.1 Å². The first-order valence-electron chi connectivity index (χ1n) is 8.13. The van der Waals surface area contributed by atoms with Crippen LogP contribution < -0.4 is 0 Å². The molecule has 1 aliphatic rings. The number of hydrogen-bond donors (Lipinski definition) is 1. The lowest BCUT2D eigenvalue weighted by atomic mass is 9.82. The molecule has 0 fully saturated rings. The first-order valence-corrected chi connectivity index (χ1v) is 8.95. The van der Waals surface area contributed by atoms with Crippen LogP contribution in [0.2, 0.25) is 0 Å². The Morgan fingerprint density at radius 3 is 2.88 bits per heavy atom. The fourth-order valence-corrected chi connectivity index (χ4v) is 4.81. The van der Waals surface area contributed by atoms with Crippen LogP contribution in [0.3, 0.4) is 0 Å². The van der Waals surface area contributed by atoms with Gasteiger partial charge in [-0.15, -0.1) is 11.3 Å². The van der Waals surface area contributed by atoms with Crippen LogP contribution in [0.4, 0.5) is 4.39 Å². The van der Waals surface area contributed by atoms with E-state index in [1.54, 1.807) is 6.07 Å². The van der Waals surface area contributed by atoms with Gasteiger partial charge in [0.05, 0.1) is 0 Å². The maximum atomic E-state index is 13.5. The van der Waals surface area contributed by atoms with Crippen molar-refractivity contribution in [2.75, 3.05) is 0 Å². The van der Waals surface area contributed by atoms with Crippen molar-refractivity contribution < 1.29 is 14.3 Å². The van der Waals surface area contributed by atoms with Crippen molar-refractivity contribution in [2.45, 2.75) is 32.1 Å². The third kappa shape index (κ3) is 2.42. The molecule has 0 bridgehead atoms. The molecule has 0 saturated heterocycles. The van der Waals surface area contributed by atoms with E-state index in [2.05, 4.69) is 19.1 Å². The normalized spacial score (nSPS) is 17.0. The minimum Gasteiger partial charge on any atom is -0.477 e. The standard InChI is InChI=1S/C20H17FO2S/c1-11-3-2-4-12-9-13(5-7-15(11)12)18-16-8-6-14(21)10-17(16)24-19(18)20(22)23/h5-11H,2-4H2,1H3,(H,22,23). The second-order valence-corrected chi connectivity index (χ2v) is 7.51. The second-order valence-electron chi connectivity index (χ2n) is 6.46. The summed E-state index contributed by atoms with van der Waals surface area (Å²) in [6, 6.07) is 10.8. The topological polar surface area (TPSA) is 37.3 Å². The largest absolute Gasteiger partial charge is 0.477 e. The van der Waals surface area contributed by atoms with E-state index < -0.39 is 5.97 Å². The summed E-state index contributed by atoms with van der Waals surface area (Å²) in [5.74, 6) is -0.751. The van der Waals surface area contributed by atoms with Crippen molar-refractivity contribution in [1.82, 2.24) is 0 Å². The molecule has 4 heteroatoms. The molecular weight excluding hydrogens is 323 g/mol. The van der Waals surface area contributed by atoms with Gasteiger partial charge in [-0.1, -0.05) is 25.1 Å². The van der Waals surface area contributed by atoms with E-state index in [0.717, 1.165) is 28.7 Å². The third-order valence-electron chi connectivity index (χ3n) is 4.89. The maximum Gasteiger partial charge on any atom is 0.346 e. The van der Waals surface area contributed by atoms with Gasteiger partial charge in [0, 0.05) is 15.6 Å². The van der Waals surface area contributed by atoms with Gasteiger partial charge >= 0.3 is 5.97 Å². The molecule has 0 radical (unpaired) electrons. The van der Waals surface area contributed by atoms with Crippen molar-refractivity contribution in [3.63, 3.8) is 0 Å². The molecule has 0 saturated carbocycles. The molecule has 0 spiro atoms. The van der Waals surface area contributed by atoms with Crippen LogP contribution in [0.15, 0.2) is 36.4 Å². The quantitative estimate of drug-likeness (QED) is 0.636. The SMILES string of the molecule is CC1CCCc2cc(-c3c(C(=O)O)sc4cc(F)ccc34)ccc21. The number of carboxylic acids is 1. The second kappa shape index (κ2) is 5.71. The molecule has 0 aliphatic heterocycles. The summed E-state index contributed by atoms with van der Waals surface area (Å²) in [7, 11) is 0. The number of aromatic carboxylic acids is 1. The summed E-state index contributed by atoms with van der Waals surface area (Å²) in [6.07, 6.45) is 3.40. The molecule has 1 unspecified atom stereocenters. The highest BCUT2D eigenvalue weighted by Gasteiger charge is 2.22. The van der Waals surface area contributed by atoms with Crippen LogP contribution >= 0.6 is 11.3 Å². The highest BCUT2D eigenvalue weighted by atomic mass is 32.1. The van der Waals surface area contributed by atoms with Gasteiger partial charge in [-0.05, 0) is 60.1 Å². The number of carboxylic acid groups (broad SMARTS) is 1. The fourth-order valence-electron chi connectivity index (χ4n) is 3.72. The lowest BCUT2D eigenvalue weighted by Crippen LogP contribution is -2.07. The van der Waals surface area contributed by atoms with Crippen molar-refractivity contribution in [3.8, 4) is 11.1 Å². The number of halogens is 1. The van der Waals surface area contributed by atoms with E-state index in [-0.39, 0.29) is 10.7 Å². The Labute approximate surface area is 143 Å². The summed E-state index contributed by atoms with van der Waals surface area (Å²) >= 11 is 1.14. The molecule has 4 rings (SSSR count). The number of benzene rings is 2. The number of rotatable bonds is 2. The van der Waals surface area contributed by atoms with Crippen molar-refractivity contribution in [1.29, 1.82) is 0 Å². The summed E-state index contributed by atoms with van der Waals surface area (Å²) < 4.78 is 14.2. The molecule has 122 valence electrons. The molecule has 1 heterocycles. The number of thiophene rings is 1. The van der Waals surface area contributed by atoms with Crippen LogP contribution in [0.5, 0.6) is 0 Å². The maximum absolute atomic E-state index is 13.5. The predicted molar refractivity (Wildman–Crippen MR) is 95.5 cm³/mol. The molecule has 1 N–H and O–H groups in total. The third-order valence-corrected chi connectivity index (χ3v) is 6.03. The average molecular weight is 340 g/mol. The molecule has 0 amide bonds. The van der Waals surface area contributed by atoms with Gasteiger partial charge < -0.3 is 5.11 Å². The Morgan fingerprint density at radius 1 is 1.25 bits per heavy atom. The average Bonchev–Trinajstić information content (AvgIpc) is 2.93. The van der Waals surface area contributed by atoms with Crippen LogP contribution in [0.25, 0.3) is 21.2 Å². The minimum absolute atomic E-state index is 0.277. The fraction of sp³-hybridized carbons (Fsp3) is 0.250. The van der Waals surface area contributed by atoms with Crippen molar-refractivity contribution in [3.05, 3.63) is 58.2 Å². The monoisotopic (exact) mass is 340 g/mol. The van der Waals surface area contributed by atoms with E-state index in [1.165, 1.54) is 36.1 Å². The zero-order valence-corrected chi connectivity index (χ0v) is 14.1. The Balaban J connectivity index is 1.96. The summed E-state index contributed by atoms with van der Waals surface area (Å²) in [5.41, 5.74) is 4.30. The van der Waals surface area contributed by atoms with Gasteiger partial charge in [-0.3, -0.25) is 0 Å². The molecule has 3 aromatic rings. The van der Waals surface area contributed by atoms with E-state index in [4.69, 9.17) is 0 Å². The van der Waals surface area contributed by atoms with Gasteiger partial charge in [-0.2, -0.15) is 0 Å². The number of carbonyl (C=O) groups is 1. The van der Waals surface area contributed by atoms with Gasteiger partial charge in [0.25, 0.3) is 0 Å². The zero-order chi connectivity index (χ0) is 16.8.